The van der Waals surface area contributed by atoms with Gasteiger partial charge in [-0.05, 0) is 25.1 Å². The maximum atomic E-state index is 13.5. The third-order valence-electron chi connectivity index (χ3n) is 3.61. The summed E-state index contributed by atoms with van der Waals surface area (Å²) in [6.07, 6.45) is 1.31. The summed E-state index contributed by atoms with van der Waals surface area (Å²) < 4.78 is 14.7. The van der Waals surface area contributed by atoms with Crippen LogP contribution in [0.4, 0.5) is 16.0 Å². The zero-order valence-electron chi connectivity index (χ0n) is 15.0. The van der Waals surface area contributed by atoms with E-state index >= 15 is 0 Å². The standard InChI is InChI=1S/C18H18FN7OS/c1-12-6-8-14(9-7-12)22-16(27)11-28-18-25-24-17(26(18)20)23-21-10-13-4-2-3-5-15(13)19/h2-10H,11,20H2,1H3,(H,22,27)(H,23,24)/b21-10+. The first-order valence-corrected chi connectivity index (χ1v) is 9.25. The summed E-state index contributed by atoms with van der Waals surface area (Å²) in [6, 6.07) is 13.7. The number of halogens is 1. The zero-order valence-corrected chi connectivity index (χ0v) is 15.8. The Morgan fingerprint density at radius 3 is 2.75 bits per heavy atom. The fourth-order valence-corrected chi connectivity index (χ4v) is 2.81. The Kier molecular flexibility index (Phi) is 6.22. The second-order valence-corrected chi connectivity index (χ2v) is 6.71. The molecule has 144 valence electrons. The molecule has 1 aromatic heterocycles. The van der Waals surface area contributed by atoms with Gasteiger partial charge in [-0.1, -0.05) is 47.7 Å². The average molecular weight is 399 g/mol. The molecule has 2 aromatic carbocycles. The molecule has 0 unspecified atom stereocenters. The van der Waals surface area contributed by atoms with E-state index in [1.165, 1.54) is 17.0 Å². The number of nitrogens with zero attached hydrogens (tertiary/aromatic N) is 4. The molecule has 0 saturated carbocycles. The lowest BCUT2D eigenvalue weighted by molar-refractivity contribution is -0.113. The van der Waals surface area contributed by atoms with E-state index in [2.05, 4.69) is 26.0 Å². The third kappa shape index (κ3) is 5.07. The van der Waals surface area contributed by atoms with Gasteiger partial charge in [-0.15, -0.1) is 10.2 Å². The van der Waals surface area contributed by atoms with E-state index in [9.17, 15) is 9.18 Å². The predicted molar refractivity (Wildman–Crippen MR) is 108 cm³/mol. The number of nitrogens with two attached hydrogens (primary N) is 1. The smallest absolute Gasteiger partial charge is 0.264 e. The van der Waals surface area contributed by atoms with Crippen molar-refractivity contribution >= 4 is 35.5 Å². The monoisotopic (exact) mass is 399 g/mol. The molecular weight excluding hydrogens is 381 g/mol. The van der Waals surface area contributed by atoms with Crippen LogP contribution in [0.3, 0.4) is 0 Å². The van der Waals surface area contributed by atoms with Gasteiger partial charge in [0.05, 0.1) is 12.0 Å². The Balaban J connectivity index is 1.53. The highest BCUT2D eigenvalue weighted by Crippen LogP contribution is 2.17. The van der Waals surface area contributed by atoms with Crippen LogP contribution in [0, 0.1) is 12.7 Å². The summed E-state index contributed by atoms with van der Waals surface area (Å²) in [5, 5.41) is 14.8. The highest BCUT2D eigenvalue weighted by Gasteiger charge is 2.12. The largest absolute Gasteiger partial charge is 0.334 e. The lowest BCUT2D eigenvalue weighted by Gasteiger charge is -2.05. The highest BCUT2D eigenvalue weighted by molar-refractivity contribution is 7.99. The molecule has 0 spiro atoms. The summed E-state index contributed by atoms with van der Waals surface area (Å²) in [7, 11) is 0. The van der Waals surface area contributed by atoms with E-state index in [1.54, 1.807) is 18.2 Å². The molecule has 0 saturated heterocycles. The van der Waals surface area contributed by atoms with Gasteiger partial charge in [0.15, 0.2) is 0 Å². The third-order valence-corrected chi connectivity index (χ3v) is 4.55. The molecule has 1 heterocycles. The SMILES string of the molecule is Cc1ccc(NC(=O)CSc2nnc(N/N=C/c3ccccc3F)n2N)cc1. The number of carbonyl (C=O) groups excluding carboxylic acids is 1. The molecule has 8 nitrogen and oxygen atoms in total. The number of nitrogen functional groups attached to an aromatic ring is 1. The molecule has 0 fully saturated rings. The summed E-state index contributed by atoms with van der Waals surface area (Å²) in [4.78, 5) is 12.0. The van der Waals surface area contributed by atoms with Crippen LogP contribution in [0.2, 0.25) is 0 Å². The Hall–Kier alpha value is -3.40. The van der Waals surface area contributed by atoms with Crippen LogP contribution >= 0.6 is 11.8 Å². The van der Waals surface area contributed by atoms with Crippen LogP contribution in [-0.4, -0.2) is 32.7 Å². The fourth-order valence-electron chi connectivity index (χ4n) is 2.16. The van der Waals surface area contributed by atoms with Crippen molar-refractivity contribution in [1.29, 1.82) is 0 Å². The molecule has 3 rings (SSSR count). The van der Waals surface area contributed by atoms with E-state index in [4.69, 9.17) is 5.84 Å². The molecule has 0 aliphatic carbocycles. The first kappa shape index (κ1) is 19.4. The Morgan fingerprint density at radius 1 is 1.25 bits per heavy atom. The molecule has 0 radical (unpaired) electrons. The highest BCUT2D eigenvalue weighted by atomic mass is 32.2. The number of aromatic nitrogens is 3. The van der Waals surface area contributed by atoms with E-state index in [0.717, 1.165) is 23.0 Å². The van der Waals surface area contributed by atoms with Crippen LogP contribution < -0.4 is 16.6 Å². The van der Waals surface area contributed by atoms with Gasteiger partial charge in [0.1, 0.15) is 5.82 Å². The van der Waals surface area contributed by atoms with Crippen molar-refractivity contribution in [3.63, 3.8) is 0 Å². The topological polar surface area (TPSA) is 110 Å². The quantitative estimate of drug-likeness (QED) is 0.244. The Bertz CT molecular complexity index is 988. The number of nitrogens with one attached hydrogen (secondary N) is 2. The molecule has 1 amide bonds. The number of hydrogen-bond acceptors (Lipinski definition) is 7. The van der Waals surface area contributed by atoms with Crippen LogP contribution in [0.5, 0.6) is 0 Å². The predicted octanol–water partition coefficient (Wildman–Crippen LogP) is 2.62. The van der Waals surface area contributed by atoms with Crippen molar-refractivity contribution < 1.29 is 9.18 Å². The number of hydrazone groups is 1. The molecule has 0 bridgehead atoms. The fraction of sp³-hybridized carbons (Fsp3) is 0.111. The van der Waals surface area contributed by atoms with Gasteiger partial charge in [-0.3, -0.25) is 4.79 Å². The molecule has 0 atom stereocenters. The van der Waals surface area contributed by atoms with Gasteiger partial charge in [0.25, 0.3) is 5.95 Å². The normalized spacial score (nSPS) is 10.9. The van der Waals surface area contributed by atoms with E-state index < -0.39 is 5.82 Å². The van der Waals surface area contributed by atoms with E-state index in [1.807, 2.05) is 31.2 Å². The van der Waals surface area contributed by atoms with Crippen LogP contribution in [-0.2, 0) is 4.79 Å². The minimum absolute atomic E-state index is 0.113. The molecule has 10 heteroatoms. The van der Waals surface area contributed by atoms with Crippen molar-refractivity contribution in [2.75, 3.05) is 22.3 Å². The van der Waals surface area contributed by atoms with Gasteiger partial charge < -0.3 is 11.2 Å². The van der Waals surface area contributed by atoms with Crippen LogP contribution in [0.25, 0.3) is 0 Å². The Morgan fingerprint density at radius 2 is 2.00 bits per heavy atom. The first-order valence-electron chi connectivity index (χ1n) is 8.26. The second kappa shape index (κ2) is 9.00. The first-order chi connectivity index (χ1) is 13.5. The molecule has 3 aromatic rings. The molecule has 0 aliphatic heterocycles. The van der Waals surface area contributed by atoms with Crippen molar-refractivity contribution in [1.82, 2.24) is 14.9 Å². The molecular formula is C18H18FN7OS. The number of anilines is 2. The summed E-state index contributed by atoms with van der Waals surface area (Å²) >= 11 is 1.13. The number of rotatable bonds is 7. The minimum Gasteiger partial charge on any atom is -0.334 e. The second-order valence-electron chi connectivity index (χ2n) is 5.77. The number of benzene rings is 2. The molecule has 28 heavy (non-hydrogen) atoms. The Labute approximate surface area is 165 Å². The number of thioether (sulfide) groups is 1. The summed E-state index contributed by atoms with van der Waals surface area (Å²) in [6.45, 7) is 1.97. The number of hydrogen-bond donors (Lipinski definition) is 3. The van der Waals surface area contributed by atoms with Crippen molar-refractivity contribution in [3.8, 4) is 0 Å². The summed E-state index contributed by atoms with van der Waals surface area (Å²) in [5.74, 6) is 5.59. The van der Waals surface area contributed by atoms with Gasteiger partial charge >= 0.3 is 0 Å². The van der Waals surface area contributed by atoms with Gasteiger partial charge in [0, 0.05) is 11.3 Å². The summed E-state index contributed by atoms with van der Waals surface area (Å²) in [5.41, 5.74) is 4.75. The van der Waals surface area contributed by atoms with Crippen molar-refractivity contribution in [2.24, 2.45) is 5.10 Å². The average Bonchev–Trinajstić information content (AvgIpc) is 3.03. The lowest BCUT2D eigenvalue weighted by atomic mass is 10.2. The van der Waals surface area contributed by atoms with Gasteiger partial charge in [0.2, 0.25) is 11.1 Å². The van der Waals surface area contributed by atoms with Crippen LogP contribution in [0.1, 0.15) is 11.1 Å². The number of carbonyl (C=O) groups is 1. The van der Waals surface area contributed by atoms with Crippen molar-refractivity contribution in [2.45, 2.75) is 12.1 Å². The number of amides is 1. The van der Waals surface area contributed by atoms with Gasteiger partial charge in [-0.25, -0.2) is 14.5 Å². The van der Waals surface area contributed by atoms with E-state index in [0.29, 0.717) is 10.7 Å². The minimum atomic E-state index is -0.391. The maximum Gasteiger partial charge on any atom is 0.264 e. The van der Waals surface area contributed by atoms with Crippen molar-refractivity contribution in [3.05, 3.63) is 65.5 Å². The number of aryl methyl sites for hydroxylation is 1. The zero-order chi connectivity index (χ0) is 19.9. The lowest BCUT2D eigenvalue weighted by Crippen LogP contribution is -2.16. The van der Waals surface area contributed by atoms with Gasteiger partial charge in [-0.2, -0.15) is 5.10 Å². The molecule has 4 N–H and O–H groups in total. The van der Waals surface area contributed by atoms with E-state index in [-0.39, 0.29) is 17.6 Å². The maximum absolute atomic E-state index is 13.5. The molecule has 0 aliphatic rings. The van der Waals surface area contributed by atoms with Crippen LogP contribution in [0.15, 0.2) is 58.8 Å².